The number of nitrogens with one attached hydrogen (secondary N) is 2. The molecule has 28 heavy (non-hydrogen) atoms. The van der Waals surface area contributed by atoms with Crippen molar-refractivity contribution in [3.63, 3.8) is 0 Å². The summed E-state index contributed by atoms with van der Waals surface area (Å²) in [5.41, 5.74) is 0.381. The van der Waals surface area contributed by atoms with Crippen LogP contribution in [-0.4, -0.2) is 69.5 Å². The van der Waals surface area contributed by atoms with E-state index >= 15 is 0 Å². The average molecular weight is 455 g/mol. The van der Waals surface area contributed by atoms with Gasteiger partial charge in [0.05, 0.1) is 19.3 Å². The Labute approximate surface area is 184 Å². The molecule has 9 heteroatoms. The first kappa shape index (κ1) is 25.4. The fourth-order valence-electron chi connectivity index (χ4n) is 3.77. The zero-order valence-corrected chi connectivity index (χ0v) is 18.5. The highest BCUT2D eigenvalue weighted by Crippen LogP contribution is 2.26. The second kappa shape index (κ2) is 12.2. The van der Waals surface area contributed by atoms with Gasteiger partial charge in [0.25, 0.3) is 5.91 Å². The molecule has 0 spiro atoms. The molecule has 0 radical (unpaired) electrons. The number of carbonyl (C=O) groups excluding carboxylic acids is 1. The van der Waals surface area contributed by atoms with E-state index in [0.29, 0.717) is 37.6 Å². The summed E-state index contributed by atoms with van der Waals surface area (Å²) in [6, 6.07) is 7.93. The molecule has 1 aromatic carbocycles. The fraction of sp³-hybridized carbons (Fsp3) is 0.632. The van der Waals surface area contributed by atoms with E-state index in [1.54, 1.807) is 7.11 Å². The lowest BCUT2D eigenvalue weighted by atomic mass is 9.91. The van der Waals surface area contributed by atoms with Gasteiger partial charge in [-0.25, -0.2) is 0 Å². The summed E-state index contributed by atoms with van der Waals surface area (Å²) in [6.07, 6.45) is 1.38. The maximum absolute atomic E-state index is 12.9. The Kier molecular flexibility index (Phi) is 11.1. The Morgan fingerprint density at radius 1 is 1.32 bits per heavy atom. The molecular formula is C19H30Cl3N3O3. The van der Waals surface area contributed by atoms with Crippen LogP contribution in [0.4, 0.5) is 0 Å². The molecule has 2 aliphatic heterocycles. The van der Waals surface area contributed by atoms with E-state index in [9.17, 15) is 4.79 Å². The molecule has 3 rings (SSSR count). The maximum atomic E-state index is 12.9. The summed E-state index contributed by atoms with van der Waals surface area (Å²) < 4.78 is 11.1. The summed E-state index contributed by atoms with van der Waals surface area (Å²) in [4.78, 5) is 15.2. The standard InChI is InChI=1S/C19H28ClN3O3.2ClH/c1-25-19(5-7-21-8-6-19)18(24)22-14-17(23-9-11-26-12-10-23)15-3-2-4-16(20)13-15;;/h2-4,13,17,21H,5-12,14H2,1H3,(H,22,24);2*1H. The predicted octanol–water partition coefficient (Wildman–Crippen LogP) is 2.44. The van der Waals surface area contributed by atoms with E-state index in [-0.39, 0.29) is 36.8 Å². The normalized spacial score (nSPS) is 20.4. The van der Waals surface area contributed by atoms with Gasteiger partial charge in [-0.15, -0.1) is 24.8 Å². The van der Waals surface area contributed by atoms with Crippen LogP contribution in [0.5, 0.6) is 0 Å². The van der Waals surface area contributed by atoms with Crippen molar-refractivity contribution < 1.29 is 14.3 Å². The smallest absolute Gasteiger partial charge is 0.252 e. The van der Waals surface area contributed by atoms with Crippen molar-refractivity contribution in [2.24, 2.45) is 0 Å². The van der Waals surface area contributed by atoms with Crippen LogP contribution >= 0.6 is 36.4 Å². The fourth-order valence-corrected chi connectivity index (χ4v) is 3.96. The minimum atomic E-state index is -0.727. The summed E-state index contributed by atoms with van der Waals surface area (Å²) in [5, 5.41) is 7.13. The van der Waals surface area contributed by atoms with Crippen molar-refractivity contribution in [2.45, 2.75) is 24.5 Å². The van der Waals surface area contributed by atoms with Gasteiger partial charge in [0.1, 0.15) is 5.60 Å². The van der Waals surface area contributed by atoms with Crippen molar-refractivity contribution in [2.75, 3.05) is 53.0 Å². The average Bonchev–Trinajstić information content (AvgIpc) is 2.69. The molecule has 0 saturated carbocycles. The SMILES string of the molecule is COC1(C(=O)NCC(c2cccc(Cl)c2)N2CCOCC2)CCNCC1.Cl.Cl. The molecule has 1 unspecified atom stereocenters. The number of halogens is 3. The van der Waals surface area contributed by atoms with Crippen molar-refractivity contribution >= 4 is 42.3 Å². The van der Waals surface area contributed by atoms with Gasteiger partial charge in [0, 0.05) is 31.8 Å². The number of rotatable bonds is 6. The molecule has 0 bridgehead atoms. The first-order valence-corrected chi connectivity index (χ1v) is 9.64. The number of nitrogens with zero attached hydrogens (tertiary/aromatic N) is 1. The first-order chi connectivity index (χ1) is 12.6. The number of amides is 1. The lowest BCUT2D eigenvalue weighted by molar-refractivity contribution is -0.147. The maximum Gasteiger partial charge on any atom is 0.252 e. The van der Waals surface area contributed by atoms with Gasteiger partial charge in [0.15, 0.2) is 0 Å². The van der Waals surface area contributed by atoms with Gasteiger partial charge in [-0.1, -0.05) is 23.7 Å². The summed E-state index contributed by atoms with van der Waals surface area (Å²) in [6.45, 7) is 5.21. The summed E-state index contributed by atoms with van der Waals surface area (Å²) in [7, 11) is 1.63. The minimum absolute atomic E-state index is 0. The highest BCUT2D eigenvalue weighted by molar-refractivity contribution is 6.30. The lowest BCUT2D eigenvalue weighted by Gasteiger charge is -2.37. The van der Waals surface area contributed by atoms with Crippen LogP contribution in [0.3, 0.4) is 0 Å². The monoisotopic (exact) mass is 453 g/mol. The van der Waals surface area contributed by atoms with E-state index in [4.69, 9.17) is 21.1 Å². The third-order valence-electron chi connectivity index (χ3n) is 5.39. The zero-order chi connectivity index (χ0) is 18.4. The van der Waals surface area contributed by atoms with Gasteiger partial charge in [-0.05, 0) is 43.6 Å². The number of morpholine rings is 1. The van der Waals surface area contributed by atoms with E-state index in [2.05, 4.69) is 21.6 Å². The Morgan fingerprint density at radius 2 is 2.00 bits per heavy atom. The molecule has 160 valence electrons. The molecule has 2 N–H and O–H groups in total. The van der Waals surface area contributed by atoms with E-state index in [0.717, 1.165) is 31.7 Å². The van der Waals surface area contributed by atoms with Crippen LogP contribution < -0.4 is 10.6 Å². The Morgan fingerprint density at radius 3 is 2.61 bits per heavy atom. The number of methoxy groups -OCH3 is 1. The highest BCUT2D eigenvalue weighted by atomic mass is 35.5. The molecule has 2 saturated heterocycles. The van der Waals surface area contributed by atoms with Crippen molar-refractivity contribution in [1.82, 2.24) is 15.5 Å². The van der Waals surface area contributed by atoms with Crippen molar-refractivity contribution in [1.29, 1.82) is 0 Å². The molecular weight excluding hydrogens is 425 g/mol. The van der Waals surface area contributed by atoms with E-state index in [1.807, 2.05) is 18.2 Å². The Balaban J connectivity index is 0.00000196. The van der Waals surface area contributed by atoms with Crippen LogP contribution in [0.2, 0.25) is 5.02 Å². The minimum Gasteiger partial charge on any atom is -0.379 e. The number of piperidine rings is 1. The van der Waals surface area contributed by atoms with Crippen LogP contribution in [0.25, 0.3) is 0 Å². The number of ether oxygens (including phenoxy) is 2. The van der Waals surface area contributed by atoms with Crippen LogP contribution in [-0.2, 0) is 14.3 Å². The van der Waals surface area contributed by atoms with Crippen LogP contribution in [0, 0.1) is 0 Å². The van der Waals surface area contributed by atoms with Crippen molar-refractivity contribution in [3.05, 3.63) is 34.9 Å². The van der Waals surface area contributed by atoms with Gasteiger partial charge in [0.2, 0.25) is 0 Å². The molecule has 1 aromatic rings. The van der Waals surface area contributed by atoms with Gasteiger partial charge < -0.3 is 20.1 Å². The topological polar surface area (TPSA) is 62.8 Å². The van der Waals surface area contributed by atoms with Gasteiger partial charge in [-0.3, -0.25) is 9.69 Å². The second-order valence-corrected chi connectivity index (χ2v) is 7.31. The van der Waals surface area contributed by atoms with Crippen LogP contribution in [0.1, 0.15) is 24.4 Å². The number of benzene rings is 1. The van der Waals surface area contributed by atoms with E-state index < -0.39 is 5.60 Å². The first-order valence-electron chi connectivity index (χ1n) is 9.26. The van der Waals surface area contributed by atoms with Gasteiger partial charge in [-0.2, -0.15) is 0 Å². The molecule has 2 fully saturated rings. The number of hydrogen-bond acceptors (Lipinski definition) is 5. The van der Waals surface area contributed by atoms with Crippen LogP contribution in [0.15, 0.2) is 24.3 Å². The lowest BCUT2D eigenvalue weighted by Crippen LogP contribution is -2.55. The molecule has 0 aliphatic carbocycles. The molecule has 1 atom stereocenters. The highest BCUT2D eigenvalue weighted by Gasteiger charge is 2.40. The second-order valence-electron chi connectivity index (χ2n) is 6.88. The number of hydrogen-bond donors (Lipinski definition) is 2. The summed E-state index contributed by atoms with van der Waals surface area (Å²) in [5.74, 6) is -0.0261. The van der Waals surface area contributed by atoms with E-state index in [1.165, 1.54) is 0 Å². The third kappa shape index (κ3) is 6.20. The third-order valence-corrected chi connectivity index (χ3v) is 5.63. The predicted molar refractivity (Wildman–Crippen MR) is 116 cm³/mol. The number of carbonyl (C=O) groups is 1. The molecule has 6 nitrogen and oxygen atoms in total. The largest absolute Gasteiger partial charge is 0.379 e. The summed E-state index contributed by atoms with van der Waals surface area (Å²) >= 11 is 6.20. The molecule has 2 heterocycles. The zero-order valence-electron chi connectivity index (χ0n) is 16.1. The quantitative estimate of drug-likeness (QED) is 0.691. The van der Waals surface area contributed by atoms with Crippen molar-refractivity contribution in [3.8, 4) is 0 Å². The molecule has 2 aliphatic rings. The molecule has 1 amide bonds. The Hall–Kier alpha value is -0.600. The Bertz CT molecular complexity index is 609. The van der Waals surface area contributed by atoms with Gasteiger partial charge >= 0.3 is 0 Å². The molecule has 0 aromatic heterocycles.